The average Bonchev–Trinajstić information content (AvgIpc) is 2.87. The molecule has 2 rings (SSSR count). The van der Waals surface area contributed by atoms with Crippen LogP contribution in [0.4, 0.5) is 0 Å². The molecule has 1 fully saturated rings. The SMILES string of the molecule is CN(C(=O)C1=C(Cl)CCC1)C1CC1. The number of carbonyl (C=O) groups is 1. The molecular formula is C10H14ClNO. The minimum absolute atomic E-state index is 0.157. The average molecular weight is 200 g/mol. The first kappa shape index (κ1) is 9.07. The Morgan fingerprint density at radius 1 is 1.46 bits per heavy atom. The minimum Gasteiger partial charge on any atom is -0.339 e. The topological polar surface area (TPSA) is 20.3 Å². The molecule has 0 atom stereocenters. The normalized spacial score (nSPS) is 22.3. The van der Waals surface area contributed by atoms with E-state index in [2.05, 4.69) is 0 Å². The maximum Gasteiger partial charge on any atom is 0.250 e. The van der Waals surface area contributed by atoms with Crippen LogP contribution < -0.4 is 0 Å². The summed E-state index contributed by atoms with van der Waals surface area (Å²) in [5, 5.41) is 0.789. The number of allylic oxidation sites excluding steroid dienone is 1. The number of likely N-dealkylation sites (N-methyl/N-ethyl adjacent to an activating group) is 1. The predicted octanol–water partition coefficient (Wildman–Crippen LogP) is 2.28. The molecule has 0 radical (unpaired) electrons. The van der Waals surface area contributed by atoms with E-state index >= 15 is 0 Å². The summed E-state index contributed by atoms with van der Waals surface area (Å²) in [7, 11) is 1.88. The van der Waals surface area contributed by atoms with Gasteiger partial charge in [-0.25, -0.2) is 0 Å². The largest absolute Gasteiger partial charge is 0.339 e. The van der Waals surface area contributed by atoms with Crippen LogP contribution in [0, 0.1) is 0 Å². The zero-order valence-corrected chi connectivity index (χ0v) is 8.60. The second kappa shape index (κ2) is 3.33. The minimum atomic E-state index is 0.157. The zero-order valence-electron chi connectivity index (χ0n) is 7.85. The van der Waals surface area contributed by atoms with E-state index < -0.39 is 0 Å². The molecule has 0 aromatic heterocycles. The van der Waals surface area contributed by atoms with Crippen LogP contribution in [0.15, 0.2) is 10.6 Å². The fourth-order valence-electron chi connectivity index (χ4n) is 1.77. The number of rotatable bonds is 2. The molecule has 3 heteroatoms. The number of amides is 1. The highest BCUT2D eigenvalue weighted by Crippen LogP contribution is 2.33. The summed E-state index contributed by atoms with van der Waals surface area (Å²) in [4.78, 5) is 13.7. The Bertz CT molecular complexity index is 268. The van der Waals surface area contributed by atoms with Crippen LogP contribution >= 0.6 is 11.6 Å². The van der Waals surface area contributed by atoms with Crippen molar-refractivity contribution in [2.45, 2.75) is 38.1 Å². The van der Waals surface area contributed by atoms with Gasteiger partial charge in [-0.2, -0.15) is 0 Å². The maximum absolute atomic E-state index is 11.8. The van der Waals surface area contributed by atoms with Gasteiger partial charge in [0.1, 0.15) is 0 Å². The van der Waals surface area contributed by atoms with Crippen LogP contribution in [0.5, 0.6) is 0 Å². The van der Waals surface area contributed by atoms with E-state index in [1.165, 1.54) is 0 Å². The van der Waals surface area contributed by atoms with Crippen LogP contribution in [-0.2, 0) is 4.79 Å². The summed E-state index contributed by atoms with van der Waals surface area (Å²) in [6.07, 6.45) is 5.12. The summed E-state index contributed by atoms with van der Waals surface area (Å²) in [5.41, 5.74) is 0.857. The van der Waals surface area contributed by atoms with Gasteiger partial charge >= 0.3 is 0 Å². The lowest BCUT2D eigenvalue weighted by atomic mass is 10.2. The third-order valence-corrected chi connectivity index (χ3v) is 3.24. The molecule has 1 saturated carbocycles. The van der Waals surface area contributed by atoms with Crippen LogP contribution in [0.2, 0.25) is 0 Å². The third kappa shape index (κ3) is 1.73. The summed E-state index contributed by atoms with van der Waals surface area (Å²) in [6, 6.07) is 0.491. The molecule has 0 spiro atoms. The molecule has 0 N–H and O–H groups in total. The van der Waals surface area contributed by atoms with Crippen molar-refractivity contribution >= 4 is 17.5 Å². The molecular weight excluding hydrogens is 186 g/mol. The number of hydrogen-bond donors (Lipinski definition) is 0. The number of carbonyl (C=O) groups excluding carboxylic acids is 1. The lowest BCUT2D eigenvalue weighted by molar-refractivity contribution is -0.126. The first-order valence-electron chi connectivity index (χ1n) is 4.85. The highest BCUT2D eigenvalue weighted by molar-refractivity contribution is 6.32. The molecule has 1 amide bonds. The zero-order chi connectivity index (χ0) is 9.42. The fraction of sp³-hybridized carbons (Fsp3) is 0.700. The van der Waals surface area contributed by atoms with Gasteiger partial charge in [0, 0.05) is 23.7 Å². The van der Waals surface area contributed by atoms with Crippen molar-refractivity contribution in [2.75, 3.05) is 7.05 Å². The molecule has 0 aromatic carbocycles. The lowest BCUT2D eigenvalue weighted by Crippen LogP contribution is -2.29. The standard InChI is InChI=1S/C10H14ClNO/c1-12(7-5-6-7)10(13)8-3-2-4-9(8)11/h7H,2-6H2,1H3. The summed E-state index contributed by atoms with van der Waals surface area (Å²) >= 11 is 5.97. The van der Waals surface area contributed by atoms with Crippen molar-refractivity contribution in [3.63, 3.8) is 0 Å². The van der Waals surface area contributed by atoms with Gasteiger partial charge < -0.3 is 4.90 Å². The van der Waals surface area contributed by atoms with Gasteiger partial charge in [0.15, 0.2) is 0 Å². The number of nitrogens with zero attached hydrogens (tertiary/aromatic N) is 1. The second-order valence-corrected chi connectivity index (χ2v) is 4.34. The first-order valence-corrected chi connectivity index (χ1v) is 5.22. The van der Waals surface area contributed by atoms with Crippen LogP contribution in [0.3, 0.4) is 0 Å². The number of hydrogen-bond acceptors (Lipinski definition) is 1. The van der Waals surface area contributed by atoms with Gasteiger partial charge in [-0.3, -0.25) is 4.79 Å². The molecule has 2 aliphatic rings. The van der Waals surface area contributed by atoms with E-state index in [1.807, 2.05) is 11.9 Å². The molecule has 2 nitrogen and oxygen atoms in total. The Morgan fingerprint density at radius 2 is 2.15 bits per heavy atom. The van der Waals surface area contributed by atoms with Crippen LogP contribution in [0.1, 0.15) is 32.1 Å². The van der Waals surface area contributed by atoms with Gasteiger partial charge in [-0.1, -0.05) is 11.6 Å². The molecule has 2 aliphatic carbocycles. The Hall–Kier alpha value is -0.500. The van der Waals surface area contributed by atoms with Gasteiger partial charge in [0.25, 0.3) is 5.91 Å². The molecule has 0 unspecified atom stereocenters. The van der Waals surface area contributed by atoms with E-state index in [1.54, 1.807) is 0 Å². The molecule has 13 heavy (non-hydrogen) atoms. The fourth-order valence-corrected chi connectivity index (χ4v) is 2.08. The Labute approximate surface area is 83.5 Å². The molecule has 0 heterocycles. The van der Waals surface area contributed by atoms with E-state index in [4.69, 9.17) is 11.6 Å². The number of halogens is 1. The van der Waals surface area contributed by atoms with Crippen LogP contribution in [0.25, 0.3) is 0 Å². The van der Waals surface area contributed by atoms with Gasteiger partial charge in [-0.05, 0) is 32.1 Å². The Morgan fingerprint density at radius 3 is 2.62 bits per heavy atom. The lowest BCUT2D eigenvalue weighted by Gasteiger charge is -2.16. The van der Waals surface area contributed by atoms with Crippen molar-refractivity contribution in [1.29, 1.82) is 0 Å². The molecule has 0 bridgehead atoms. The highest BCUT2D eigenvalue weighted by atomic mass is 35.5. The van der Waals surface area contributed by atoms with E-state index in [0.29, 0.717) is 6.04 Å². The summed E-state index contributed by atoms with van der Waals surface area (Å²) in [6.45, 7) is 0. The molecule has 0 saturated heterocycles. The monoisotopic (exact) mass is 199 g/mol. The highest BCUT2D eigenvalue weighted by Gasteiger charge is 2.32. The van der Waals surface area contributed by atoms with E-state index in [-0.39, 0.29) is 5.91 Å². The van der Waals surface area contributed by atoms with Gasteiger partial charge in [0.05, 0.1) is 0 Å². The smallest absolute Gasteiger partial charge is 0.250 e. The quantitative estimate of drug-likeness (QED) is 0.668. The Balaban J connectivity index is 2.07. The third-order valence-electron chi connectivity index (χ3n) is 2.82. The first-order chi connectivity index (χ1) is 6.20. The molecule has 0 aromatic rings. The predicted molar refractivity (Wildman–Crippen MR) is 52.5 cm³/mol. The van der Waals surface area contributed by atoms with E-state index in [0.717, 1.165) is 42.7 Å². The van der Waals surface area contributed by atoms with Crippen molar-refractivity contribution in [3.05, 3.63) is 10.6 Å². The second-order valence-electron chi connectivity index (χ2n) is 3.88. The Kier molecular flexibility index (Phi) is 2.33. The molecule has 0 aliphatic heterocycles. The van der Waals surface area contributed by atoms with Crippen molar-refractivity contribution in [2.24, 2.45) is 0 Å². The van der Waals surface area contributed by atoms with Crippen LogP contribution in [-0.4, -0.2) is 23.9 Å². The van der Waals surface area contributed by atoms with E-state index in [9.17, 15) is 4.79 Å². The maximum atomic E-state index is 11.8. The van der Waals surface area contributed by atoms with Crippen molar-refractivity contribution in [3.8, 4) is 0 Å². The molecule has 72 valence electrons. The summed E-state index contributed by atoms with van der Waals surface area (Å²) in [5.74, 6) is 0.157. The summed E-state index contributed by atoms with van der Waals surface area (Å²) < 4.78 is 0. The van der Waals surface area contributed by atoms with Gasteiger partial charge in [-0.15, -0.1) is 0 Å². The van der Waals surface area contributed by atoms with Crippen molar-refractivity contribution in [1.82, 2.24) is 4.90 Å². The van der Waals surface area contributed by atoms with Gasteiger partial charge in [0.2, 0.25) is 0 Å². The van der Waals surface area contributed by atoms with Crippen molar-refractivity contribution < 1.29 is 4.79 Å².